The van der Waals surface area contributed by atoms with Crippen molar-refractivity contribution in [3.63, 3.8) is 0 Å². The van der Waals surface area contributed by atoms with Crippen molar-refractivity contribution in [1.82, 2.24) is 4.98 Å². The summed E-state index contributed by atoms with van der Waals surface area (Å²) in [6, 6.07) is 8.85. The first kappa shape index (κ1) is 12.9. The average Bonchev–Trinajstić information content (AvgIpc) is 2.40. The quantitative estimate of drug-likeness (QED) is 0.870. The van der Waals surface area contributed by atoms with E-state index in [0.29, 0.717) is 16.3 Å². The van der Waals surface area contributed by atoms with Gasteiger partial charge in [0, 0.05) is 23.0 Å². The van der Waals surface area contributed by atoms with Crippen LogP contribution in [0.3, 0.4) is 0 Å². The van der Waals surface area contributed by atoms with E-state index in [1.54, 1.807) is 48.4 Å². The minimum absolute atomic E-state index is 0.220. The van der Waals surface area contributed by atoms with E-state index in [0.717, 1.165) is 4.90 Å². The predicted octanol–water partition coefficient (Wildman–Crippen LogP) is 3.71. The number of nitrogens with zero attached hydrogens (tertiary/aromatic N) is 1. The molecule has 1 amide bonds. The highest BCUT2D eigenvalue weighted by Gasteiger charge is 2.11. The smallest absolute Gasteiger partial charge is 0.257 e. The number of benzene rings is 1. The highest BCUT2D eigenvalue weighted by atomic mass is 35.5. The Hall–Kier alpha value is -1.52. The van der Waals surface area contributed by atoms with Crippen LogP contribution < -0.4 is 5.32 Å². The van der Waals surface area contributed by atoms with E-state index in [9.17, 15) is 4.79 Å². The molecule has 92 valence electrons. The van der Waals surface area contributed by atoms with E-state index in [1.807, 2.05) is 12.3 Å². The second-order valence-corrected chi connectivity index (χ2v) is 4.82. The van der Waals surface area contributed by atoms with E-state index in [2.05, 4.69) is 10.3 Å². The molecule has 0 aliphatic heterocycles. The van der Waals surface area contributed by atoms with Crippen molar-refractivity contribution in [3.05, 3.63) is 53.3 Å². The van der Waals surface area contributed by atoms with Crippen LogP contribution >= 0.6 is 23.4 Å². The largest absolute Gasteiger partial charge is 0.322 e. The van der Waals surface area contributed by atoms with Crippen LogP contribution in [0.1, 0.15) is 10.4 Å². The average molecular weight is 279 g/mol. The molecule has 0 aliphatic carbocycles. The van der Waals surface area contributed by atoms with Crippen LogP contribution in [0.5, 0.6) is 0 Å². The van der Waals surface area contributed by atoms with E-state index in [1.165, 1.54) is 0 Å². The van der Waals surface area contributed by atoms with Gasteiger partial charge in [-0.15, -0.1) is 11.8 Å². The molecule has 1 N–H and O–H groups in total. The first-order valence-electron chi connectivity index (χ1n) is 5.25. The zero-order valence-electron chi connectivity index (χ0n) is 9.68. The molecular weight excluding hydrogens is 268 g/mol. The second-order valence-electron chi connectivity index (χ2n) is 3.54. The van der Waals surface area contributed by atoms with Gasteiger partial charge in [0.1, 0.15) is 0 Å². The lowest BCUT2D eigenvalue weighted by molar-refractivity contribution is 0.102. The number of hydrogen-bond acceptors (Lipinski definition) is 3. The molecule has 1 heterocycles. The summed E-state index contributed by atoms with van der Waals surface area (Å²) in [5.41, 5.74) is 1.17. The Labute approximate surface area is 115 Å². The molecule has 3 nitrogen and oxygen atoms in total. The molecular formula is C13H11ClN2OS. The minimum atomic E-state index is -0.220. The van der Waals surface area contributed by atoms with Crippen LogP contribution in [0, 0.1) is 0 Å². The Morgan fingerprint density at radius 2 is 2.00 bits per heavy atom. The van der Waals surface area contributed by atoms with E-state index < -0.39 is 0 Å². The van der Waals surface area contributed by atoms with Crippen molar-refractivity contribution in [2.45, 2.75) is 4.90 Å². The van der Waals surface area contributed by atoms with Crippen molar-refractivity contribution >= 4 is 35.0 Å². The van der Waals surface area contributed by atoms with Crippen LogP contribution in [0.2, 0.25) is 5.02 Å². The van der Waals surface area contributed by atoms with Crippen molar-refractivity contribution in [3.8, 4) is 0 Å². The van der Waals surface area contributed by atoms with Gasteiger partial charge in [0.2, 0.25) is 0 Å². The van der Waals surface area contributed by atoms with E-state index >= 15 is 0 Å². The van der Waals surface area contributed by atoms with Crippen LogP contribution in [-0.4, -0.2) is 17.1 Å². The summed E-state index contributed by atoms with van der Waals surface area (Å²) in [4.78, 5) is 17.0. The lowest BCUT2D eigenvalue weighted by Crippen LogP contribution is -2.12. The van der Waals surface area contributed by atoms with Crippen molar-refractivity contribution in [2.75, 3.05) is 11.6 Å². The highest BCUT2D eigenvalue weighted by Crippen LogP contribution is 2.23. The Kier molecular flexibility index (Phi) is 4.23. The molecule has 1 aromatic carbocycles. The fraction of sp³-hybridized carbons (Fsp3) is 0.0769. The molecule has 0 saturated heterocycles. The molecule has 2 rings (SSSR count). The normalized spacial score (nSPS) is 10.1. The third-order valence-electron chi connectivity index (χ3n) is 2.36. The summed E-state index contributed by atoms with van der Waals surface area (Å²) in [5, 5.41) is 3.22. The SMILES string of the molecule is CSc1ccc(Cl)c(C(=O)Nc2ccncc2)c1. The summed E-state index contributed by atoms with van der Waals surface area (Å²) in [7, 11) is 0. The number of carbonyl (C=O) groups is 1. The number of halogens is 1. The first-order valence-corrected chi connectivity index (χ1v) is 6.86. The van der Waals surface area contributed by atoms with Gasteiger partial charge < -0.3 is 5.32 Å². The Morgan fingerprint density at radius 1 is 1.28 bits per heavy atom. The number of amides is 1. The van der Waals surface area contributed by atoms with Gasteiger partial charge in [-0.3, -0.25) is 9.78 Å². The summed E-state index contributed by atoms with van der Waals surface area (Å²) < 4.78 is 0. The maximum Gasteiger partial charge on any atom is 0.257 e. The zero-order valence-corrected chi connectivity index (χ0v) is 11.3. The van der Waals surface area contributed by atoms with Crippen LogP contribution in [0.15, 0.2) is 47.6 Å². The van der Waals surface area contributed by atoms with Crippen LogP contribution in [-0.2, 0) is 0 Å². The molecule has 5 heteroatoms. The number of carbonyl (C=O) groups excluding carboxylic acids is 1. The Bertz CT molecular complexity index is 560. The van der Waals surface area contributed by atoms with Gasteiger partial charge in [-0.25, -0.2) is 0 Å². The number of rotatable bonds is 3. The standard InChI is InChI=1S/C13H11ClN2OS/c1-18-10-2-3-12(14)11(8-10)13(17)16-9-4-6-15-7-5-9/h2-8H,1H3,(H,15,16,17). The maximum absolute atomic E-state index is 12.1. The van der Waals surface area contributed by atoms with Crippen molar-refractivity contribution in [2.24, 2.45) is 0 Å². The van der Waals surface area contributed by atoms with Crippen molar-refractivity contribution < 1.29 is 4.79 Å². The van der Waals surface area contributed by atoms with Crippen LogP contribution in [0.25, 0.3) is 0 Å². The predicted molar refractivity (Wildman–Crippen MR) is 75.4 cm³/mol. The molecule has 2 aromatic rings. The summed E-state index contributed by atoms with van der Waals surface area (Å²) >= 11 is 7.60. The molecule has 0 radical (unpaired) electrons. The fourth-order valence-electron chi connectivity index (χ4n) is 1.44. The monoisotopic (exact) mass is 278 g/mol. The fourth-order valence-corrected chi connectivity index (χ4v) is 2.08. The third kappa shape index (κ3) is 3.03. The highest BCUT2D eigenvalue weighted by molar-refractivity contribution is 7.98. The summed E-state index contributed by atoms with van der Waals surface area (Å²) in [6.07, 6.45) is 5.19. The number of nitrogens with one attached hydrogen (secondary N) is 1. The molecule has 0 fully saturated rings. The number of anilines is 1. The van der Waals surface area contributed by atoms with Gasteiger partial charge in [-0.05, 0) is 36.6 Å². The molecule has 0 aliphatic rings. The topological polar surface area (TPSA) is 42.0 Å². The van der Waals surface area contributed by atoms with Crippen LogP contribution in [0.4, 0.5) is 5.69 Å². The number of hydrogen-bond donors (Lipinski definition) is 1. The second kappa shape index (κ2) is 5.89. The minimum Gasteiger partial charge on any atom is -0.322 e. The lowest BCUT2D eigenvalue weighted by Gasteiger charge is -2.07. The Morgan fingerprint density at radius 3 is 2.67 bits per heavy atom. The van der Waals surface area contributed by atoms with Gasteiger partial charge in [0.05, 0.1) is 10.6 Å². The lowest BCUT2D eigenvalue weighted by atomic mass is 10.2. The molecule has 18 heavy (non-hydrogen) atoms. The first-order chi connectivity index (χ1) is 8.70. The van der Waals surface area contributed by atoms with Gasteiger partial charge in [-0.2, -0.15) is 0 Å². The van der Waals surface area contributed by atoms with Gasteiger partial charge in [0.25, 0.3) is 5.91 Å². The van der Waals surface area contributed by atoms with Gasteiger partial charge >= 0.3 is 0 Å². The molecule has 1 aromatic heterocycles. The van der Waals surface area contributed by atoms with Gasteiger partial charge in [0.15, 0.2) is 0 Å². The third-order valence-corrected chi connectivity index (χ3v) is 3.41. The Balaban J connectivity index is 2.23. The van der Waals surface area contributed by atoms with Gasteiger partial charge in [-0.1, -0.05) is 11.6 Å². The molecule has 0 bridgehead atoms. The van der Waals surface area contributed by atoms with E-state index in [4.69, 9.17) is 11.6 Å². The molecule has 0 saturated carbocycles. The number of thioether (sulfide) groups is 1. The number of pyridine rings is 1. The molecule has 0 spiro atoms. The summed E-state index contributed by atoms with van der Waals surface area (Å²) in [6.45, 7) is 0. The molecule has 0 unspecified atom stereocenters. The van der Waals surface area contributed by atoms with Crippen molar-refractivity contribution in [1.29, 1.82) is 0 Å². The number of aromatic nitrogens is 1. The zero-order chi connectivity index (χ0) is 13.0. The molecule has 0 atom stereocenters. The summed E-state index contributed by atoms with van der Waals surface area (Å²) in [5.74, 6) is -0.220. The van der Waals surface area contributed by atoms with E-state index in [-0.39, 0.29) is 5.91 Å². The maximum atomic E-state index is 12.1.